The molecule has 1 aliphatic carbocycles. The van der Waals surface area contributed by atoms with Crippen molar-refractivity contribution < 1.29 is 9.90 Å². The fourth-order valence-electron chi connectivity index (χ4n) is 2.27. The van der Waals surface area contributed by atoms with Crippen molar-refractivity contribution in [3.05, 3.63) is 22.4 Å². The minimum atomic E-state index is -0.406. The van der Waals surface area contributed by atoms with Crippen molar-refractivity contribution in [2.45, 2.75) is 37.8 Å². The van der Waals surface area contributed by atoms with E-state index >= 15 is 0 Å². The maximum atomic E-state index is 12.0. The van der Waals surface area contributed by atoms with Crippen LogP contribution in [0, 0.1) is 0 Å². The summed E-state index contributed by atoms with van der Waals surface area (Å²) in [4.78, 5) is 12.0. The first-order chi connectivity index (χ1) is 8.08. The maximum absolute atomic E-state index is 12.0. The van der Waals surface area contributed by atoms with Crippen LogP contribution < -0.4 is 5.32 Å². The molecule has 1 aliphatic rings. The Balaban J connectivity index is 2.03. The summed E-state index contributed by atoms with van der Waals surface area (Å²) in [6.45, 7) is 0. The van der Waals surface area contributed by atoms with Crippen molar-refractivity contribution in [2.24, 2.45) is 7.05 Å². The number of nitrogens with zero attached hydrogens (tertiary/aromatic N) is 1. The molecule has 94 valence electrons. The van der Waals surface area contributed by atoms with Crippen LogP contribution in [0.5, 0.6) is 0 Å². The molecule has 4 nitrogen and oxygen atoms in total. The lowest BCUT2D eigenvalue weighted by Crippen LogP contribution is -2.45. The molecule has 2 N–H and O–H groups in total. The highest BCUT2D eigenvalue weighted by molar-refractivity contribution is 9.10. The Morgan fingerprint density at radius 1 is 1.53 bits per heavy atom. The van der Waals surface area contributed by atoms with Gasteiger partial charge < -0.3 is 15.0 Å². The minimum Gasteiger partial charge on any atom is -0.391 e. The van der Waals surface area contributed by atoms with Crippen molar-refractivity contribution >= 4 is 21.8 Å². The lowest BCUT2D eigenvalue weighted by Gasteiger charge is -2.28. The first-order valence-corrected chi connectivity index (χ1v) is 6.68. The van der Waals surface area contributed by atoms with Gasteiger partial charge in [0.1, 0.15) is 5.69 Å². The van der Waals surface area contributed by atoms with E-state index in [2.05, 4.69) is 21.2 Å². The predicted molar refractivity (Wildman–Crippen MR) is 68.8 cm³/mol. The number of aromatic nitrogens is 1. The van der Waals surface area contributed by atoms with Gasteiger partial charge in [-0.25, -0.2) is 0 Å². The van der Waals surface area contributed by atoms with Gasteiger partial charge in [0.05, 0.1) is 12.1 Å². The van der Waals surface area contributed by atoms with Gasteiger partial charge >= 0.3 is 0 Å². The molecule has 0 saturated heterocycles. The molecule has 1 fully saturated rings. The Labute approximate surface area is 109 Å². The quantitative estimate of drug-likeness (QED) is 0.875. The minimum absolute atomic E-state index is 0.107. The highest BCUT2D eigenvalue weighted by Gasteiger charge is 2.25. The van der Waals surface area contributed by atoms with Crippen LogP contribution in [-0.2, 0) is 7.05 Å². The third-order valence-electron chi connectivity index (χ3n) is 3.25. The summed E-state index contributed by atoms with van der Waals surface area (Å²) < 4.78 is 2.66. The van der Waals surface area contributed by atoms with Crippen LogP contribution in [-0.4, -0.2) is 27.7 Å². The van der Waals surface area contributed by atoms with Gasteiger partial charge in [0.25, 0.3) is 5.91 Å². The van der Waals surface area contributed by atoms with E-state index in [1.165, 1.54) is 0 Å². The monoisotopic (exact) mass is 300 g/mol. The van der Waals surface area contributed by atoms with Crippen molar-refractivity contribution in [2.75, 3.05) is 0 Å². The van der Waals surface area contributed by atoms with Gasteiger partial charge in [-0.1, -0.05) is 12.8 Å². The van der Waals surface area contributed by atoms with Crippen LogP contribution in [0.15, 0.2) is 16.7 Å². The van der Waals surface area contributed by atoms with Crippen LogP contribution >= 0.6 is 15.9 Å². The lowest BCUT2D eigenvalue weighted by atomic mass is 9.92. The third-order valence-corrected chi connectivity index (χ3v) is 3.68. The molecule has 1 saturated carbocycles. The van der Waals surface area contributed by atoms with E-state index in [0.717, 1.165) is 30.2 Å². The first-order valence-electron chi connectivity index (χ1n) is 5.88. The number of carbonyl (C=O) groups is 1. The van der Waals surface area contributed by atoms with Crippen LogP contribution in [0.3, 0.4) is 0 Å². The SMILES string of the molecule is Cn1cc(Br)cc1C(=O)NC1CCCCC1O. The number of amides is 1. The predicted octanol–water partition coefficient (Wildman–Crippen LogP) is 1.82. The zero-order chi connectivity index (χ0) is 12.4. The van der Waals surface area contributed by atoms with Gasteiger partial charge in [0.2, 0.25) is 0 Å². The van der Waals surface area contributed by atoms with Gasteiger partial charge in [-0.3, -0.25) is 4.79 Å². The standard InChI is InChI=1S/C12H17BrN2O2/c1-15-7-8(13)6-10(15)12(17)14-9-4-2-3-5-11(9)16/h6-7,9,11,16H,2-5H2,1H3,(H,14,17). The molecular weight excluding hydrogens is 284 g/mol. The number of rotatable bonds is 2. The number of aliphatic hydroxyl groups is 1. The van der Waals surface area contributed by atoms with E-state index in [1.807, 2.05) is 13.2 Å². The number of hydrogen-bond donors (Lipinski definition) is 2. The Bertz CT molecular complexity index is 417. The van der Waals surface area contributed by atoms with Gasteiger partial charge in [0.15, 0.2) is 0 Å². The van der Waals surface area contributed by atoms with Crippen molar-refractivity contribution in [1.29, 1.82) is 0 Å². The summed E-state index contributed by atoms with van der Waals surface area (Å²) >= 11 is 3.34. The highest BCUT2D eigenvalue weighted by atomic mass is 79.9. The van der Waals surface area contributed by atoms with Gasteiger partial charge in [0, 0.05) is 17.7 Å². The largest absolute Gasteiger partial charge is 0.391 e. The Hall–Kier alpha value is -0.810. The molecule has 1 aromatic heterocycles. The van der Waals surface area contributed by atoms with E-state index in [4.69, 9.17) is 0 Å². The fourth-order valence-corrected chi connectivity index (χ4v) is 2.80. The fraction of sp³-hybridized carbons (Fsp3) is 0.583. The number of aryl methyl sites for hydroxylation is 1. The van der Waals surface area contributed by atoms with E-state index < -0.39 is 6.10 Å². The van der Waals surface area contributed by atoms with E-state index in [-0.39, 0.29) is 11.9 Å². The summed E-state index contributed by atoms with van der Waals surface area (Å²) in [6.07, 6.45) is 5.19. The molecule has 0 aliphatic heterocycles. The molecule has 5 heteroatoms. The Morgan fingerprint density at radius 2 is 2.24 bits per heavy atom. The molecule has 1 aromatic rings. The zero-order valence-corrected chi connectivity index (χ0v) is 11.4. The Morgan fingerprint density at radius 3 is 2.82 bits per heavy atom. The lowest BCUT2D eigenvalue weighted by molar-refractivity contribution is 0.0711. The summed E-state index contributed by atoms with van der Waals surface area (Å²) in [5.41, 5.74) is 0.606. The number of carbonyl (C=O) groups excluding carboxylic acids is 1. The maximum Gasteiger partial charge on any atom is 0.268 e. The molecule has 0 spiro atoms. The second-order valence-electron chi connectivity index (χ2n) is 4.59. The number of hydrogen-bond acceptors (Lipinski definition) is 2. The summed E-state index contributed by atoms with van der Waals surface area (Å²) in [5, 5.41) is 12.7. The molecule has 0 aromatic carbocycles. The van der Waals surface area contributed by atoms with Crippen molar-refractivity contribution in [3.63, 3.8) is 0 Å². The Kier molecular flexibility index (Phi) is 3.89. The highest BCUT2D eigenvalue weighted by Crippen LogP contribution is 2.19. The topological polar surface area (TPSA) is 54.3 Å². The zero-order valence-electron chi connectivity index (χ0n) is 9.82. The van der Waals surface area contributed by atoms with Crippen molar-refractivity contribution in [3.8, 4) is 0 Å². The third kappa shape index (κ3) is 2.90. The molecule has 2 unspecified atom stereocenters. The molecule has 1 amide bonds. The van der Waals surface area contributed by atoms with E-state index in [1.54, 1.807) is 10.6 Å². The van der Waals surface area contributed by atoms with E-state index in [9.17, 15) is 9.90 Å². The normalized spacial score (nSPS) is 24.6. The molecule has 2 rings (SSSR count). The molecule has 2 atom stereocenters. The van der Waals surface area contributed by atoms with E-state index in [0.29, 0.717) is 5.69 Å². The summed E-state index contributed by atoms with van der Waals surface area (Å²) in [5.74, 6) is -0.121. The van der Waals surface area contributed by atoms with Gasteiger partial charge in [-0.05, 0) is 34.8 Å². The van der Waals surface area contributed by atoms with Gasteiger partial charge in [-0.2, -0.15) is 0 Å². The second kappa shape index (κ2) is 5.23. The summed E-state index contributed by atoms with van der Waals surface area (Å²) in [6, 6.07) is 1.68. The van der Waals surface area contributed by atoms with Crippen LogP contribution in [0.4, 0.5) is 0 Å². The molecule has 1 heterocycles. The second-order valence-corrected chi connectivity index (χ2v) is 5.50. The van der Waals surface area contributed by atoms with Crippen LogP contribution in [0.1, 0.15) is 36.2 Å². The number of aliphatic hydroxyl groups excluding tert-OH is 1. The smallest absolute Gasteiger partial charge is 0.268 e. The van der Waals surface area contributed by atoms with Crippen LogP contribution in [0.2, 0.25) is 0 Å². The first kappa shape index (κ1) is 12.6. The van der Waals surface area contributed by atoms with Crippen molar-refractivity contribution in [1.82, 2.24) is 9.88 Å². The van der Waals surface area contributed by atoms with Crippen LogP contribution in [0.25, 0.3) is 0 Å². The molecule has 0 radical (unpaired) electrons. The average Bonchev–Trinajstić information content (AvgIpc) is 2.61. The van der Waals surface area contributed by atoms with Gasteiger partial charge in [-0.15, -0.1) is 0 Å². The molecule has 0 bridgehead atoms. The molecule has 17 heavy (non-hydrogen) atoms. The number of halogens is 1. The molecular formula is C12H17BrN2O2. The number of nitrogens with one attached hydrogen (secondary N) is 1. The summed E-state index contributed by atoms with van der Waals surface area (Å²) in [7, 11) is 1.83. The average molecular weight is 301 g/mol.